The standard InChI is InChI=1S/C15H22O5/c1-10(16)19-9-14-3-11-2-12(4-14)6-15(5-11,8-14)20-7-13(17)18/h11-12H,2-9H2,1H3,(H,17,18). The Balaban J connectivity index is 1.74. The van der Waals surface area contributed by atoms with E-state index in [1.54, 1.807) is 0 Å². The number of carboxylic acid groups (broad SMARTS) is 1. The molecule has 5 heteroatoms. The SMILES string of the molecule is CC(=O)OCC12CC3CC(C1)CC(OCC(=O)O)(C3)C2. The maximum atomic E-state index is 11.1. The highest BCUT2D eigenvalue weighted by Crippen LogP contribution is 2.62. The summed E-state index contributed by atoms with van der Waals surface area (Å²) >= 11 is 0. The molecule has 4 saturated carbocycles. The Kier molecular flexibility index (Phi) is 3.27. The molecule has 0 spiro atoms. The number of carbonyl (C=O) groups is 2. The third-order valence-electron chi connectivity index (χ3n) is 5.21. The van der Waals surface area contributed by atoms with Crippen LogP contribution in [0.1, 0.15) is 45.4 Å². The summed E-state index contributed by atoms with van der Waals surface area (Å²) < 4.78 is 11.1. The zero-order chi connectivity index (χ0) is 14.4. The molecule has 5 nitrogen and oxygen atoms in total. The molecule has 4 fully saturated rings. The molecule has 0 aromatic heterocycles. The van der Waals surface area contributed by atoms with E-state index < -0.39 is 5.97 Å². The van der Waals surface area contributed by atoms with Crippen molar-refractivity contribution in [2.45, 2.75) is 51.0 Å². The van der Waals surface area contributed by atoms with Crippen LogP contribution in [-0.4, -0.2) is 35.9 Å². The highest BCUT2D eigenvalue weighted by atomic mass is 16.5. The number of esters is 1. The molecular weight excluding hydrogens is 260 g/mol. The quantitative estimate of drug-likeness (QED) is 0.781. The number of hydrogen-bond donors (Lipinski definition) is 1. The molecule has 0 heterocycles. The minimum Gasteiger partial charge on any atom is -0.480 e. The van der Waals surface area contributed by atoms with E-state index in [0.29, 0.717) is 18.4 Å². The average Bonchev–Trinajstić information content (AvgIpc) is 2.33. The number of rotatable bonds is 5. The molecule has 0 amide bonds. The Morgan fingerprint density at radius 1 is 1.20 bits per heavy atom. The lowest BCUT2D eigenvalue weighted by Gasteiger charge is -2.61. The lowest BCUT2D eigenvalue weighted by Crippen LogP contribution is -2.58. The smallest absolute Gasteiger partial charge is 0.329 e. The largest absolute Gasteiger partial charge is 0.480 e. The van der Waals surface area contributed by atoms with E-state index in [9.17, 15) is 9.59 Å². The first kappa shape index (κ1) is 13.9. The van der Waals surface area contributed by atoms with Gasteiger partial charge in [-0.25, -0.2) is 4.79 Å². The number of carboxylic acids is 1. The molecule has 4 aliphatic carbocycles. The topological polar surface area (TPSA) is 72.8 Å². The lowest BCUT2D eigenvalue weighted by atomic mass is 9.48. The molecule has 0 aromatic rings. The Morgan fingerprint density at radius 2 is 1.85 bits per heavy atom. The molecule has 0 aliphatic heterocycles. The molecule has 20 heavy (non-hydrogen) atoms. The normalized spacial score (nSPS) is 41.6. The maximum absolute atomic E-state index is 11.1. The second-order valence-electron chi connectivity index (χ2n) is 7.11. The van der Waals surface area contributed by atoms with Crippen molar-refractivity contribution < 1.29 is 24.2 Å². The van der Waals surface area contributed by atoms with Crippen LogP contribution in [0.25, 0.3) is 0 Å². The van der Waals surface area contributed by atoms with Gasteiger partial charge >= 0.3 is 11.9 Å². The molecule has 112 valence electrons. The first-order chi connectivity index (χ1) is 9.40. The number of carbonyl (C=O) groups excluding carboxylic acids is 1. The molecule has 0 radical (unpaired) electrons. The van der Waals surface area contributed by atoms with Crippen molar-refractivity contribution in [1.29, 1.82) is 0 Å². The zero-order valence-electron chi connectivity index (χ0n) is 11.9. The van der Waals surface area contributed by atoms with Crippen molar-refractivity contribution in [3.63, 3.8) is 0 Å². The van der Waals surface area contributed by atoms with Gasteiger partial charge in [-0.2, -0.15) is 0 Å². The summed E-state index contributed by atoms with van der Waals surface area (Å²) in [5, 5.41) is 8.86. The van der Waals surface area contributed by atoms with Gasteiger partial charge < -0.3 is 14.6 Å². The summed E-state index contributed by atoms with van der Waals surface area (Å²) in [6.45, 7) is 1.69. The summed E-state index contributed by atoms with van der Waals surface area (Å²) in [6, 6.07) is 0. The van der Waals surface area contributed by atoms with Crippen LogP contribution in [0.2, 0.25) is 0 Å². The Hall–Kier alpha value is -1.10. The van der Waals surface area contributed by atoms with Crippen LogP contribution in [0.3, 0.4) is 0 Å². The Labute approximate surface area is 118 Å². The third kappa shape index (κ3) is 2.55. The van der Waals surface area contributed by atoms with Gasteiger partial charge in [-0.05, 0) is 50.4 Å². The van der Waals surface area contributed by atoms with Crippen LogP contribution >= 0.6 is 0 Å². The van der Waals surface area contributed by atoms with Crippen LogP contribution in [0, 0.1) is 17.3 Å². The van der Waals surface area contributed by atoms with E-state index in [1.165, 1.54) is 13.3 Å². The summed E-state index contributed by atoms with van der Waals surface area (Å²) in [7, 11) is 0. The van der Waals surface area contributed by atoms with Gasteiger partial charge in [-0.1, -0.05) is 0 Å². The van der Waals surface area contributed by atoms with E-state index in [2.05, 4.69) is 0 Å². The fourth-order valence-electron chi connectivity index (χ4n) is 5.17. The molecule has 4 aliphatic rings. The molecular formula is C15H22O5. The van der Waals surface area contributed by atoms with Crippen LogP contribution in [-0.2, 0) is 19.1 Å². The van der Waals surface area contributed by atoms with Crippen molar-refractivity contribution in [3.05, 3.63) is 0 Å². The van der Waals surface area contributed by atoms with Crippen LogP contribution in [0.4, 0.5) is 0 Å². The van der Waals surface area contributed by atoms with Gasteiger partial charge in [-0.15, -0.1) is 0 Å². The summed E-state index contributed by atoms with van der Waals surface area (Å²) in [5.41, 5.74) is -0.267. The fourth-order valence-corrected chi connectivity index (χ4v) is 5.17. The second kappa shape index (κ2) is 4.72. The van der Waals surface area contributed by atoms with Gasteiger partial charge in [0.2, 0.25) is 0 Å². The summed E-state index contributed by atoms with van der Waals surface area (Å²) in [6.07, 6.45) is 6.19. The number of aliphatic carboxylic acids is 1. The van der Waals surface area contributed by atoms with Gasteiger partial charge in [0.05, 0.1) is 12.2 Å². The molecule has 0 aromatic carbocycles. The minimum atomic E-state index is -0.908. The van der Waals surface area contributed by atoms with E-state index in [-0.39, 0.29) is 23.6 Å². The first-order valence-corrected chi connectivity index (χ1v) is 7.40. The molecule has 0 saturated heterocycles. The summed E-state index contributed by atoms with van der Waals surface area (Å²) in [4.78, 5) is 21.9. The molecule has 4 bridgehead atoms. The average molecular weight is 282 g/mol. The summed E-state index contributed by atoms with van der Waals surface area (Å²) in [5.74, 6) is 0.0530. The predicted octanol–water partition coefficient (Wildman–Crippen LogP) is 1.99. The monoisotopic (exact) mass is 282 g/mol. The third-order valence-corrected chi connectivity index (χ3v) is 5.21. The second-order valence-corrected chi connectivity index (χ2v) is 7.11. The molecule has 2 unspecified atom stereocenters. The van der Waals surface area contributed by atoms with Crippen molar-refractivity contribution in [2.75, 3.05) is 13.2 Å². The van der Waals surface area contributed by atoms with E-state index >= 15 is 0 Å². The molecule has 1 N–H and O–H groups in total. The maximum Gasteiger partial charge on any atom is 0.329 e. The minimum absolute atomic E-state index is 0.0221. The van der Waals surface area contributed by atoms with Crippen LogP contribution in [0.5, 0.6) is 0 Å². The highest BCUT2D eigenvalue weighted by molar-refractivity contribution is 5.68. The van der Waals surface area contributed by atoms with Crippen molar-refractivity contribution in [2.24, 2.45) is 17.3 Å². The molecule has 2 atom stereocenters. The van der Waals surface area contributed by atoms with Crippen molar-refractivity contribution in [1.82, 2.24) is 0 Å². The van der Waals surface area contributed by atoms with Crippen molar-refractivity contribution in [3.8, 4) is 0 Å². The lowest BCUT2D eigenvalue weighted by molar-refractivity contribution is -0.209. The predicted molar refractivity (Wildman–Crippen MR) is 70.1 cm³/mol. The Morgan fingerprint density at radius 3 is 2.40 bits per heavy atom. The van der Waals surface area contributed by atoms with E-state index in [1.807, 2.05) is 0 Å². The van der Waals surface area contributed by atoms with Crippen LogP contribution < -0.4 is 0 Å². The Bertz CT molecular complexity index is 380. The zero-order valence-corrected chi connectivity index (χ0v) is 11.9. The highest BCUT2D eigenvalue weighted by Gasteiger charge is 2.58. The van der Waals surface area contributed by atoms with Gasteiger partial charge in [0.15, 0.2) is 0 Å². The van der Waals surface area contributed by atoms with Gasteiger partial charge in [0.1, 0.15) is 6.61 Å². The van der Waals surface area contributed by atoms with E-state index in [4.69, 9.17) is 14.6 Å². The van der Waals surface area contributed by atoms with Crippen molar-refractivity contribution >= 4 is 11.9 Å². The fraction of sp³-hybridized carbons (Fsp3) is 0.867. The number of hydrogen-bond acceptors (Lipinski definition) is 4. The molecule has 4 rings (SSSR count). The van der Waals surface area contributed by atoms with Crippen LogP contribution in [0.15, 0.2) is 0 Å². The van der Waals surface area contributed by atoms with Gasteiger partial charge in [-0.3, -0.25) is 4.79 Å². The first-order valence-electron chi connectivity index (χ1n) is 7.40. The van der Waals surface area contributed by atoms with E-state index in [0.717, 1.165) is 32.1 Å². The number of ether oxygens (including phenoxy) is 2. The van der Waals surface area contributed by atoms with Gasteiger partial charge in [0, 0.05) is 12.3 Å². The van der Waals surface area contributed by atoms with Gasteiger partial charge in [0.25, 0.3) is 0 Å².